The third-order valence-electron chi connectivity index (χ3n) is 7.85. The summed E-state index contributed by atoms with van der Waals surface area (Å²) >= 11 is 0. The summed E-state index contributed by atoms with van der Waals surface area (Å²) in [7, 11) is 3.87. The monoisotopic (exact) mass is 558 g/mol. The Bertz CT molecular complexity index is 1530. The molecule has 0 bridgehead atoms. The maximum absolute atomic E-state index is 15.3. The SMILES string of the molecule is CC=S(Nc1ncc(-c2cc(CC)c3nc(NC4CCC(N(C)C)CC4)ncc3c2)cc1F)c1ccccc1C. The van der Waals surface area contributed by atoms with E-state index < -0.39 is 10.7 Å². The van der Waals surface area contributed by atoms with Gasteiger partial charge in [-0.25, -0.2) is 19.3 Å². The smallest absolute Gasteiger partial charge is 0.223 e. The normalized spacial score (nSPS) is 18.3. The van der Waals surface area contributed by atoms with Gasteiger partial charge in [-0.1, -0.05) is 35.8 Å². The molecule has 1 unspecified atom stereocenters. The van der Waals surface area contributed by atoms with Crippen molar-refractivity contribution in [2.24, 2.45) is 0 Å². The first-order valence-electron chi connectivity index (χ1n) is 14.1. The topological polar surface area (TPSA) is 66.0 Å². The second kappa shape index (κ2) is 12.4. The molecule has 1 atom stereocenters. The van der Waals surface area contributed by atoms with Crippen molar-refractivity contribution in [3.8, 4) is 11.1 Å². The first-order chi connectivity index (χ1) is 19.4. The van der Waals surface area contributed by atoms with Crippen LogP contribution in [-0.2, 0) is 6.42 Å². The molecule has 1 aliphatic rings. The van der Waals surface area contributed by atoms with E-state index in [1.807, 2.05) is 36.7 Å². The molecule has 2 N–H and O–H groups in total. The first-order valence-corrected chi connectivity index (χ1v) is 15.4. The van der Waals surface area contributed by atoms with Crippen molar-refractivity contribution in [2.75, 3.05) is 24.1 Å². The summed E-state index contributed by atoms with van der Waals surface area (Å²) < 4.78 is 18.6. The van der Waals surface area contributed by atoms with Crippen molar-refractivity contribution < 1.29 is 4.39 Å². The molecule has 2 aromatic heterocycles. The molecular weight excluding hydrogens is 519 g/mol. The number of hydrogen-bond donors (Lipinski definition) is 2. The third kappa shape index (κ3) is 6.18. The summed E-state index contributed by atoms with van der Waals surface area (Å²) in [6.45, 7) is 6.17. The zero-order valence-electron chi connectivity index (χ0n) is 24.0. The Morgan fingerprint density at radius 2 is 1.80 bits per heavy atom. The number of fused-ring (bicyclic) bond motifs is 1. The van der Waals surface area contributed by atoms with Crippen LogP contribution in [-0.4, -0.2) is 51.4 Å². The maximum atomic E-state index is 15.3. The van der Waals surface area contributed by atoms with Gasteiger partial charge in [0.2, 0.25) is 5.95 Å². The Kier molecular flexibility index (Phi) is 8.76. The van der Waals surface area contributed by atoms with Crippen LogP contribution in [0.25, 0.3) is 22.0 Å². The first kappa shape index (κ1) is 28.2. The van der Waals surface area contributed by atoms with Crippen molar-refractivity contribution in [3.63, 3.8) is 0 Å². The second-order valence-corrected chi connectivity index (χ2v) is 12.5. The zero-order valence-corrected chi connectivity index (χ0v) is 24.9. The van der Waals surface area contributed by atoms with E-state index in [1.165, 1.54) is 12.8 Å². The average Bonchev–Trinajstić information content (AvgIpc) is 2.96. The minimum atomic E-state index is -0.454. The molecule has 0 saturated heterocycles. The van der Waals surface area contributed by atoms with E-state index >= 15 is 4.39 Å². The van der Waals surface area contributed by atoms with Gasteiger partial charge in [0.1, 0.15) is 0 Å². The van der Waals surface area contributed by atoms with Gasteiger partial charge >= 0.3 is 0 Å². The highest BCUT2D eigenvalue weighted by Gasteiger charge is 2.23. The summed E-state index contributed by atoms with van der Waals surface area (Å²) in [5, 5.41) is 6.56. The predicted molar refractivity (Wildman–Crippen MR) is 168 cm³/mol. The lowest BCUT2D eigenvalue weighted by molar-refractivity contribution is 0.221. The van der Waals surface area contributed by atoms with Crippen molar-refractivity contribution in [3.05, 3.63) is 71.8 Å². The van der Waals surface area contributed by atoms with Gasteiger partial charge in [0.25, 0.3) is 0 Å². The number of anilines is 2. The molecule has 210 valence electrons. The summed E-state index contributed by atoms with van der Waals surface area (Å²) in [5.74, 6) is 0.565. The highest BCUT2D eigenvalue weighted by Crippen LogP contribution is 2.33. The standard InChI is InChI=1S/C32H39FN6S/c1-6-22-16-23(17-25-20-35-32(37-30(22)25)36-26-12-14-27(15-13-26)39(4)5)24-18-28(33)31(34-19-24)38-40(7-2)29-11-9-8-10-21(29)3/h7-11,16-20,26-27H,6,12-15H2,1-5H3,(H,34,38)(H,35,36,37). The van der Waals surface area contributed by atoms with Crippen LogP contribution < -0.4 is 10.0 Å². The zero-order chi connectivity index (χ0) is 28.2. The molecule has 0 spiro atoms. The molecule has 6 nitrogen and oxygen atoms in total. The number of hydrogen-bond acceptors (Lipinski definition) is 6. The highest BCUT2D eigenvalue weighted by molar-refractivity contribution is 8.16. The fourth-order valence-corrected chi connectivity index (χ4v) is 6.94. The molecule has 8 heteroatoms. The minimum Gasteiger partial charge on any atom is -0.351 e. The van der Waals surface area contributed by atoms with Gasteiger partial charge in [-0.15, -0.1) is 0 Å². The van der Waals surface area contributed by atoms with Crippen LogP contribution >= 0.6 is 10.7 Å². The van der Waals surface area contributed by atoms with E-state index in [4.69, 9.17) is 4.98 Å². The van der Waals surface area contributed by atoms with Crippen LogP contribution in [0.15, 0.2) is 59.8 Å². The van der Waals surface area contributed by atoms with E-state index in [0.717, 1.165) is 57.3 Å². The van der Waals surface area contributed by atoms with Crippen molar-refractivity contribution in [1.29, 1.82) is 0 Å². The molecule has 0 aliphatic heterocycles. The third-order valence-corrected chi connectivity index (χ3v) is 9.67. The minimum absolute atomic E-state index is 0.253. The van der Waals surface area contributed by atoms with Gasteiger partial charge < -0.3 is 14.9 Å². The van der Waals surface area contributed by atoms with Gasteiger partial charge in [0.05, 0.1) is 5.52 Å². The summed E-state index contributed by atoms with van der Waals surface area (Å²) in [5.41, 5.74) is 4.86. The molecule has 1 fully saturated rings. The lowest BCUT2D eigenvalue weighted by Crippen LogP contribution is -2.36. The van der Waals surface area contributed by atoms with Gasteiger partial charge in [-0.3, -0.25) is 0 Å². The number of nitrogens with zero attached hydrogens (tertiary/aromatic N) is 4. The van der Waals surface area contributed by atoms with Crippen molar-refractivity contribution in [2.45, 2.75) is 69.9 Å². The van der Waals surface area contributed by atoms with Crippen LogP contribution in [0.5, 0.6) is 0 Å². The van der Waals surface area contributed by atoms with E-state index in [0.29, 0.717) is 18.0 Å². The molecule has 1 saturated carbocycles. The van der Waals surface area contributed by atoms with Crippen LogP contribution in [0.2, 0.25) is 0 Å². The Hall–Kier alpha value is -3.36. The maximum Gasteiger partial charge on any atom is 0.223 e. The van der Waals surface area contributed by atoms with Crippen LogP contribution in [0.1, 0.15) is 50.7 Å². The van der Waals surface area contributed by atoms with E-state index in [9.17, 15) is 0 Å². The number of nitrogens with one attached hydrogen (secondary N) is 2. The molecule has 0 amide bonds. The predicted octanol–water partition coefficient (Wildman–Crippen LogP) is 7.46. The van der Waals surface area contributed by atoms with E-state index in [1.54, 1.807) is 12.3 Å². The Balaban J connectivity index is 1.36. The molecule has 1 aliphatic carbocycles. The Morgan fingerprint density at radius 3 is 2.48 bits per heavy atom. The lowest BCUT2D eigenvalue weighted by Gasteiger charge is -2.32. The number of pyridine rings is 1. The van der Waals surface area contributed by atoms with Crippen molar-refractivity contribution >= 4 is 38.7 Å². The van der Waals surface area contributed by atoms with E-state index in [-0.39, 0.29) is 11.6 Å². The molecule has 2 aromatic carbocycles. The van der Waals surface area contributed by atoms with Gasteiger partial charge in [-0.2, -0.15) is 0 Å². The molecule has 0 radical (unpaired) electrons. The lowest BCUT2D eigenvalue weighted by atomic mass is 9.90. The Morgan fingerprint density at radius 1 is 1.02 bits per heavy atom. The van der Waals surface area contributed by atoms with Gasteiger partial charge in [-0.05, 0) is 106 Å². The molecule has 2 heterocycles. The van der Waals surface area contributed by atoms with Crippen LogP contribution in [0, 0.1) is 12.7 Å². The quantitative estimate of drug-likeness (QED) is 0.219. The summed E-state index contributed by atoms with van der Waals surface area (Å²) in [6, 6.07) is 14.9. The largest absolute Gasteiger partial charge is 0.351 e. The molecule has 5 rings (SSSR count). The van der Waals surface area contributed by atoms with Crippen LogP contribution in [0.3, 0.4) is 0 Å². The number of benzene rings is 2. The molecule has 40 heavy (non-hydrogen) atoms. The second-order valence-electron chi connectivity index (χ2n) is 10.7. The number of aryl methyl sites for hydroxylation is 2. The summed E-state index contributed by atoms with van der Waals surface area (Å²) in [4.78, 5) is 17.5. The van der Waals surface area contributed by atoms with Gasteiger partial charge in [0.15, 0.2) is 11.6 Å². The Labute approximate surface area is 239 Å². The average molecular weight is 559 g/mol. The van der Waals surface area contributed by atoms with Gasteiger partial charge in [0, 0.05) is 40.3 Å². The van der Waals surface area contributed by atoms with Crippen LogP contribution in [0.4, 0.5) is 16.2 Å². The number of rotatable bonds is 8. The molecular formula is C32H39FN6S. The van der Waals surface area contributed by atoms with Crippen molar-refractivity contribution in [1.82, 2.24) is 19.9 Å². The fourth-order valence-electron chi connectivity index (χ4n) is 5.46. The number of halogens is 1. The molecule has 4 aromatic rings. The van der Waals surface area contributed by atoms with E-state index in [2.05, 4.69) is 71.0 Å². The fraction of sp³-hybridized carbons (Fsp3) is 0.375. The summed E-state index contributed by atoms with van der Waals surface area (Å²) in [6.07, 6.45) is 9.04. The number of aromatic nitrogens is 3. The highest BCUT2D eigenvalue weighted by atomic mass is 32.2.